The molecule has 1 unspecified atom stereocenters. The van der Waals surface area contributed by atoms with Crippen LogP contribution in [0.5, 0.6) is 5.75 Å². The molecule has 0 aromatic heterocycles. The SMILES string of the molecule is COc1cccc(S(=O)(=O)N2CCC3(CC2)C(OC)C(=O)N3c2cccc(F)c2)c1. The number of halogens is 1. The molecule has 0 radical (unpaired) electrons. The van der Waals surface area contributed by atoms with E-state index in [2.05, 4.69) is 0 Å². The average Bonchev–Trinajstić information content (AvgIpc) is 2.74. The van der Waals surface area contributed by atoms with Gasteiger partial charge in [0.2, 0.25) is 10.0 Å². The number of carbonyl (C=O) groups is 1. The number of rotatable bonds is 5. The van der Waals surface area contributed by atoms with Crippen molar-refractivity contribution in [1.82, 2.24) is 4.31 Å². The standard InChI is InChI=1S/C21H23FN2O5S/c1-28-17-7-4-8-18(14-17)30(26,27)23-11-9-21(10-12-23)19(29-2)20(25)24(21)16-6-3-5-15(22)13-16/h3-8,13-14,19H,9-12H2,1-2H3. The normalized spacial score (nSPS) is 21.5. The summed E-state index contributed by atoms with van der Waals surface area (Å²) in [5.74, 6) is -0.215. The van der Waals surface area contributed by atoms with Crippen LogP contribution < -0.4 is 9.64 Å². The molecule has 0 N–H and O–H groups in total. The second-order valence-electron chi connectivity index (χ2n) is 7.46. The van der Waals surface area contributed by atoms with Crippen LogP contribution in [0.25, 0.3) is 0 Å². The third kappa shape index (κ3) is 3.17. The Morgan fingerprint density at radius 1 is 1.07 bits per heavy atom. The lowest BCUT2D eigenvalue weighted by atomic mass is 9.73. The largest absolute Gasteiger partial charge is 0.497 e. The molecule has 2 aliphatic heterocycles. The second kappa shape index (κ2) is 7.64. The summed E-state index contributed by atoms with van der Waals surface area (Å²) in [6, 6.07) is 12.2. The molecule has 30 heavy (non-hydrogen) atoms. The summed E-state index contributed by atoms with van der Waals surface area (Å²) >= 11 is 0. The zero-order valence-corrected chi connectivity index (χ0v) is 17.6. The number of ether oxygens (including phenoxy) is 2. The van der Waals surface area contributed by atoms with E-state index in [1.807, 2.05) is 0 Å². The summed E-state index contributed by atoms with van der Waals surface area (Å²) in [6.45, 7) is 0.441. The fraction of sp³-hybridized carbons (Fsp3) is 0.381. The summed E-state index contributed by atoms with van der Waals surface area (Å²) in [7, 11) is -0.760. The van der Waals surface area contributed by atoms with Gasteiger partial charge in [0.05, 0.1) is 17.5 Å². The number of anilines is 1. The first-order valence-electron chi connectivity index (χ1n) is 9.60. The summed E-state index contributed by atoms with van der Waals surface area (Å²) in [4.78, 5) is 14.4. The highest BCUT2D eigenvalue weighted by Crippen LogP contribution is 2.46. The van der Waals surface area contributed by atoms with Gasteiger partial charge in [-0.15, -0.1) is 0 Å². The number of β-lactam (4-membered cyclic amide) rings is 1. The van der Waals surface area contributed by atoms with Gasteiger partial charge in [-0.3, -0.25) is 4.79 Å². The van der Waals surface area contributed by atoms with Crippen LogP contribution in [0, 0.1) is 5.82 Å². The molecule has 2 fully saturated rings. The van der Waals surface area contributed by atoms with Crippen molar-refractivity contribution < 1.29 is 27.1 Å². The molecule has 2 saturated heterocycles. The molecule has 9 heteroatoms. The molecular formula is C21H23FN2O5S. The van der Waals surface area contributed by atoms with E-state index in [1.54, 1.807) is 29.2 Å². The van der Waals surface area contributed by atoms with E-state index in [4.69, 9.17) is 9.47 Å². The van der Waals surface area contributed by atoms with Crippen molar-refractivity contribution in [2.75, 3.05) is 32.2 Å². The van der Waals surface area contributed by atoms with Crippen LogP contribution in [0.1, 0.15) is 12.8 Å². The minimum absolute atomic E-state index is 0.160. The molecule has 2 aliphatic rings. The zero-order valence-electron chi connectivity index (χ0n) is 16.7. The first kappa shape index (κ1) is 20.8. The van der Waals surface area contributed by atoms with Gasteiger partial charge in [-0.25, -0.2) is 12.8 Å². The number of piperidine rings is 1. The van der Waals surface area contributed by atoms with Crippen molar-refractivity contribution in [2.45, 2.75) is 29.4 Å². The fourth-order valence-electron chi connectivity index (χ4n) is 4.45. The van der Waals surface area contributed by atoms with Gasteiger partial charge >= 0.3 is 0 Å². The van der Waals surface area contributed by atoms with E-state index in [0.29, 0.717) is 24.3 Å². The van der Waals surface area contributed by atoms with E-state index in [9.17, 15) is 17.6 Å². The van der Waals surface area contributed by atoms with Crippen LogP contribution in [-0.4, -0.2) is 57.6 Å². The van der Waals surface area contributed by atoms with E-state index in [-0.39, 0.29) is 23.9 Å². The van der Waals surface area contributed by atoms with Gasteiger partial charge in [0, 0.05) is 32.0 Å². The maximum Gasteiger partial charge on any atom is 0.259 e. The van der Waals surface area contributed by atoms with Crippen molar-refractivity contribution in [1.29, 1.82) is 0 Å². The lowest BCUT2D eigenvalue weighted by Gasteiger charge is -2.59. The molecule has 4 rings (SSSR count). The molecule has 0 aliphatic carbocycles. The van der Waals surface area contributed by atoms with E-state index >= 15 is 0 Å². The number of benzene rings is 2. The quantitative estimate of drug-likeness (QED) is 0.676. The molecule has 0 bridgehead atoms. The average molecular weight is 434 g/mol. The summed E-state index contributed by atoms with van der Waals surface area (Å²) < 4.78 is 51.9. The minimum atomic E-state index is -3.71. The Labute approximate surface area is 175 Å². The Morgan fingerprint density at radius 2 is 1.77 bits per heavy atom. The van der Waals surface area contributed by atoms with Gasteiger partial charge in [0.25, 0.3) is 5.91 Å². The third-order valence-corrected chi connectivity index (χ3v) is 7.84. The van der Waals surface area contributed by atoms with E-state index in [0.717, 1.165) is 0 Å². The molecule has 1 spiro atoms. The Morgan fingerprint density at radius 3 is 2.40 bits per heavy atom. The molecule has 1 amide bonds. The minimum Gasteiger partial charge on any atom is -0.497 e. The highest BCUT2D eigenvalue weighted by molar-refractivity contribution is 7.89. The molecule has 2 heterocycles. The Balaban J connectivity index is 1.59. The molecule has 2 aromatic carbocycles. The fourth-order valence-corrected chi connectivity index (χ4v) is 5.92. The van der Waals surface area contributed by atoms with Crippen LogP contribution >= 0.6 is 0 Å². The van der Waals surface area contributed by atoms with Crippen LogP contribution in [0.3, 0.4) is 0 Å². The van der Waals surface area contributed by atoms with Crippen molar-refractivity contribution >= 4 is 21.6 Å². The van der Waals surface area contributed by atoms with E-state index in [1.165, 1.54) is 42.8 Å². The monoisotopic (exact) mass is 434 g/mol. The first-order valence-corrected chi connectivity index (χ1v) is 11.0. The van der Waals surface area contributed by atoms with Crippen molar-refractivity contribution in [2.24, 2.45) is 0 Å². The molecule has 1 atom stereocenters. The topological polar surface area (TPSA) is 76.1 Å². The molecule has 0 saturated carbocycles. The Hall–Kier alpha value is -2.49. The number of sulfonamides is 1. The van der Waals surface area contributed by atoms with Gasteiger partial charge in [0.15, 0.2) is 6.10 Å². The number of amides is 1. The smallest absolute Gasteiger partial charge is 0.259 e. The predicted octanol–water partition coefficient (Wildman–Crippen LogP) is 2.42. The third-order valence-electron chi connectivity index (χ3n) is 5.95. The molecule has 2 aromatic rings. The Bertz CT molecular complexity index is 1070. The predicted molar refractivity (Wildman–Crippen MR) is 108 cm³/mol. The Kier molecular flexibility index (Phi) is 5.29. The highest BCUT2D eigenvalue weighted by Gasteiger charge is 2.62. The van der Waals surface area contributed by atoms with Crippen molar-refractivity contribution in [3.05, 3.63) is 54.3 Å². The van der Waals surface area contributed by atoms with Crippen LogP contribution in [0.2, 0.25) is 0 Å². The van der Waals surface area contributed by atoms with Crippen molar-refractivity contribution in [3.8, 4) is 5.75 Å². The van der Waals surface area contributed by atoms with Crippen LogP contribution in [0.15, 0.2) is 53.4 Å². The zero-order chi connectivity index (χ0) is 21.5. The van der Waals surface area contributed by atoms with Gasteiger partial charge in [-0.2, -0.15) is 4.31 Å². The maximum atomic E-state index is 13.8. The summed E-state index contributed by atoms with van der Waals surface area (Å²) in [5.41, 5.74) is -0.238. The number of nitrogens with zero attached hydrogens (tertiary/aromatic N) is 2. The number of hydrogen-bond donors (Lipinski definition) is 0. The molecule has 7 nitrogen and oxygen atoms in total. The van der Waals surface area contributed by atoms with Gasteiger partial charge < -0.3 is 14.4 Å². The van der Waals surface area contributed by atoms with Gasteiger partial charge in [0.1, 0.15) is 11.6 Å². The first-order chi connectivity index (χ1) is 14.3. The van der Waals surface area contributed by atoms with Gasteiger partial charge in [-0.1, -0.05) is 12.1 Å². The second-order valence-corrected chi connectivity index (χ2v) is 9.39. The lowest BCUT2D eigenvalue weighted by molar-refractivity contribution is -0.150. The van der Waals surface area contributed by atoms with Crippen LogP contribution in [0.4, 0.5) is 10.1 Å². The number of methoxy groups -OCH3 is 2. The number of hydrogen-bond acceptors (Lipinski definition) is 5. The van der Waals surface area contributed by atoms with E-state index < -0.39 is 27.5 Å². The lowest BCUT2D eigenvalue weighted by Crippen LogP contribution is -2.77. The summed E-state index contributed by atoms with van der Waals surface area (Å²) in [6.07, 6.45) is 0.0934. The van der Waals surface area contributed by atoms with Crippen LogP contribution in [-0.2, 0) is 19.6 Å². The maximum absolute atomic E-state index is 13.8. The summed E-state index contributed by atoms with van der Waals surface area (Å²) in [5, 5.41) is 0. The van der Waals surface area contributed by atoms with Gasteiger partial charge in [-0.05, 0) is 43.2 Å². The molecular weight excluding hydrogens is 411 g/mol. The highest BCUT2D eigenvalue weighted by atomic mass is 32.2. The number of carbonyl (C=O) groups excluding carboxylic acids is 1. The molecule has 160 valence electrons. The van der Waals surface area contributed by atoms with Crippen molar-refractivity contribution in [3.63, 3.8) is 0 Å².